The van der Waals surface area contributed by atoms with Crippen molar-refractivity contribution in [3.63, 3.8) is 0 Å². The molecule has 1 rings (SSSR count). The predicted octanol–water partition coefficient (Wildman–Crippen LogP) is -2.50. The normalized spacial score (nSPS) is 30.6. The number of nitrogens with one attached hydrogen (secondary N) is 2. The standard InChI is InChI=1S/C4H8N2O2/c7-4-3-5-1-2-6(4)8/h5-6H,1-3H2. The highest BCUT2D eigenvalue weighted by Crippen LogP contribution is 1.63. The maximum Gasteiger partial charge on any atom is 0.325 e. The number of piperazine rings is 1. The number of carbonyl (C=O) groups excluding carboxylic acids is 1. The summed E-state index contributed by atoms with van der Waals surface area (Å²) in [7, 11) is 0. The molecule has 0 bridgehead atoms. The Morgan fingerprint density at radius 1 is 1.75 bits per heavy atom. The maximum atomic E-state index is 10.4. The molecule has 0 radical (unpaired) electrons. The largest absolute Gasteiger partial charge is 0.627 e. The summed E-state index contributed by atoms with van der Waals surface area (Å²) in [6.45, 7) is 1.27. The number of rotatable bonds is 0. The number of amides is 1. The fraction of sp³-hybridized carbons (Fsp3) is 0.750. The van der Waals surface area contributed by atoms with Crippen molar-refractivity contribution in [1.29, 1.82) is 0 Å². The minimum absolute atomic E-state index is 0.233. The zero-order valence-corrected chi connectivity index (χ0v) is 4.44. The summed E-state index contributed by atoms with van der Waals surface area (Å²) in [6, 6.07) is 0. The van der Waals surface area contributed by atoms with Crippen LogP contribution >= 0.6 is 0 Å². The average Bonchev–Trinajstić information content (AvgIpc) is 1.77. The van der Waals surface area contributed by atoms with Crippen molar-refractivity contribution < 1.29 is 9.86 Å². The third-order valence-corrected chi connectivity index (χ3v) is 1.13. The van der Waals surface area contributed by atoms with Crippen molar-refractivity contribution in [2.24, 2.45) is 0 Å². The first-order valence-electron chi connectivity index (χ1n) is 2.57. The fourth-order valence-corrected chi connectivity index (χ4v) is 0.642. The van der Waals surface area contributed by atoms with Crippen molar-refractivity contribution in [1.82, 2.24) is 5.32 Å². The number of hydrogen-bond acceptors (Lipinski definition) is 3. The Labute approximate surface area is 47.0 Å². The van der Waals surface area contributed by atoms with Crippen LogP contribution in [-0.4, -0.2) is 25.5 Å². The second-order valence-corrected chi connectivity index (χ2v) is 1.77. The predicted molar refractivity (Wildman–Crippen MR) is 27.1 cm³/mol. The van der Waals surface area contributed by atoms with Crippen LogP contribution < -0.4 is 10.4 Å². The molecule has 2 N–H and O–H groups in total. The van der Waals surface area contributed by atoms with Gasteiger partial charge >= 0.3 is 5.91 Å². The summed E-state index contributed by atoms with van der Waals surface area (Å²) in [5, 5.41) is 13.0. The Balaban J connectivity index is 2.39. The molecule has 0 aromatic carbocycles. The van der Waals surface area contributed by atoms with Crippen LogP contribution in [0.25, 0.3) is 0 Å². The second-order valence-electron chi connectivity index (χ2n) is 1.77. The molecule has 46 valence electrons. The molecule has 1 saturated heterocycles. The Kier molecular flexibility index (Phi) is 1.57. The van der Waals surface area contributed by atoms with Crippen molar-refractivity contribution in [3.8, 4) is 0 Å². The maximum absolute atomic E-state index is 10.4. The highest BCUT2D eigenvalue weighted by molar-refractivity contribution is 5.69. The summed E-state index contributed by atoms with van der Waals surface area (Å²) >= 11 is 0. The number of quaternary nitrogens is 1. The Hall–Kier alpha value is -0.450. The molecular weight excluding hydrogens is 108 g/mol. The molecule has 0 saturated carbocycles. The van der Waals surface area contributed by atoms with Gasteiger partial charge < -0.3 is 10.3 Å². The van der Waals surface area contributed by atoms with Gasteiger partial charge in [0.1, 0.15) is 6.54 Å². The summed E-state index contributed by atoms with van der Waals surface area (Å²) in [5.74, 6) is -0.281. The molecule has 8 heavy (non-hydrogen) atoms. The first-order valence-corrected chi connectivity index (χ1v) is 2.57. The fourth-order valence-electron chi connectivity index (χ4n) is 0.642. The van der Waals surface area contributed by atoms with E-state index in [2.05, 4.69) is 5.32 Å². The first-order chi connectivity index (χ1) is 3.80. The second kappa shape index (κ2) is 2.21. The van der Waals surface area contributed by atoms with Gasteiger partial charge in [0, 0.05) is 6.54 Å². The topological polar surface area (TPSA) is 56.6 Å². The van der Waals surface area contributed by atoms with Crippen molar-refractivity contribution in [2.45, 2.75) is 0 Å². The van der Waals surface area contributed by atoms with Crippen LogP contribution in [0, 0.1) is 5.21 Å². The van der Waals surface area contributed by atoms with Gasteiger partial charge in [0.05, 0.1) is 6.54 Å². The van der Waals surface area contributed by atoms with Crippen LogP contribution in [0.1, 0.15) is 0 Å². The number of hydroxylamine groups is 2. The number of hydrogen-bond donors (Lipinski definition) is 2. The zero-order chi connectivity index (χ0) is 5.98. The Bertz CT molecular complexity index is 104. The lowest BCUT2D eigenvalue weighted by molar-refractivity contribution is -0.766. The van der Waals surface area contributed by atoms with Gasteiger partial charge in [-0.1, -0.05) is 0 Å². The van der Waals surface area contributed by atoms with Crippen LogP contribution in [0.2, 0.25) is 0 Å². The lowest BCUT2D eigenvalue weighted by Gasteiger charge is -2.23. The molecule has 4 nitrogen and oxygen atoms in total. The van der Waals surface area contributed by atoms with Gasteiger partial charge in [0.15, 0.2) is 0 Å². The van der Waals surface area contributed by atoms with E-state index < -0.39 is 0 Å². The molecule has 4 heteroatoms. The lowest BCUT2D eigenvalue weighted by atomic mass is 10.4. The van der Waals surface area contributed by atoms with Gasteiger partial charge in [0.25, 0.3) is 0 Å². The minimum atomic E-state index is -0.281. The van der Waals surface area contributed by atoms with E-state index in [-0.39, 0.29) is 17.5 Å². The Morgan fingerprint density at radius 3 is 2.88 bits per heavy atom. The highest BCUT2D eigenvalue weighted by atomic mass is 16.5. The van der Waals surface area contributed by atoms with E-state index in [0.717, 1.165) is 0 Å². The molecule has 1 unspecified atom stereocenters. The highest BCUT2D eigenvalue weighted by Gasteiger charge is 2.14. The molecule has 1 aliphatic heterocycles. The van der Waals surface area contributed by atoms with E-state index in [1.807, 2.05) is 0 Å². The minimum Gasteiger partial charge on any atom is -0.627 e. The van der Waals surface area contributed by atoms with E-state index in [1.54, 1.807) is 0 Å². The van der Waals surface area contributed by atoms with Gasteiger partial charge in [0.2, 0.25) is 0 Å². The van der Waals surface area contributed by atoms with E-state index >= 15 is 0 Å². The van der Waals surface area contributed by atoms with Crippen LogP contribution in [0.15, 0.2) is 0 Å². The summed E-state index contributed by atoms with van der Waals surface area (Å²) in [4.78, 5) is 10.4. The zero-order valence-electron chi connectivity index (χ0n) is 4.44. The molecule has 0 aromatic heterocycles. The molecule has 0 spiro atoms. The summed E-state index contributed by atoms with van der Waals surface area (Å²) in [5.41, 5.74) is 0. The van der Waals surface area contributed by atoms with Gasteiger partial charge in [-0.2, -0.15) is 0 Å². The summed E-state index contributed by atoms with van der Waals surface area (Å²) in [6.07, 6.45) is 0. The van der Waals surface area contributed by atoms with Gasteiger partial charge in [-0.05, 0) is 0 Å². The van der Waals surface area contributed by atoms with E-state index in [9.17, 15) is 10.0 Å². The van der Waals surface area contributed by atoms with E-state index in [4.69, 9.17) is 0 Å². The molecule has 1 amide bonds. The van der Waals surface area contributed by atoms with Gasteiger partial charge in [-0.15, -0.1) is 0 Å². The van der Waals surface area contributed by atoms with Crippen LogP contribution in [-0.2, 0) is 4.79 Å². The Morgan fingerprint density at radius 2 is 2.50 bits per heavy atom. The molecule has 1 atom stereocenters. The van der Waals surface area contributed by atoms with Crippen molar-refractivity contribution in [3.05, 3.63) is 5.21 Å². The van der Waals surface area contributed by atoms with Crippen LogP contribution in [0.4, 0.5) is 0 Å². The lowest BCUT2D eigenvalue weighted by Crippen LogP contribution is -3.13. The average molecular weight is 116 g/mol. The van der Waals surface area contributed by atoms with Gasteiger partial charge in [-0.25, -0.2) is 4.79 Å². The van der Waals surface area contributed by atoms with Crippen molar-refractivity contribution >= 4 is 5.91 Å². The van der Waals surface area contributed by atoms with Crippen LogP contribution in [0.3, 0.4) is 0 Å². The smallest absolute Gasteiger partial charge is 0.325 e. The monoisotopic (exact) mass is 116 g/mol. The van der Waals surface area contributed by atoms with Crippen LogP contribution in [0.5, 0.6) is 0 Å². The molecule has 1 fully saturated rings. The molecule has 0 aliphatic carbocycles. The third-order valence-electron chi connectivity index (χ3n) is 1.13. The quantitative estimate of drug-likeness (QED) is 0.344. The van der Waals surface area contributed by atoms with E-state index in [0.29, 0.717) is 13.1 Å². The van der Waals surface area contributed by atoms with Crippen molar-refractivity contribution in [2.75, 3.05) is 19.6 Å². The molecule has 0 aromatic rings. The molecule has 1 aliphatic rings. The van der Waals surface area contributed by atoms with Gasteiger partial charge in [-0.3, -0.25) is 5.32 Å². The molecule has 1 heterocycles. The molecular formula is C4H8N2O2. The summed E-state index contributed by atoms with van der Waals surface area (Å²) < 4.78 is 0. The third kappa shape index (κ3) is 1.03. The first kappa shape index (κ1) is 5.68. The van der Waals surface area contributed by atoms with E-state index in [1.165, 1.54) is 0 Å². The number of carbonyl (C=O) groups is 1. The SMILES string of the molecule is O=C1CNCC[NH+]1[O-].